The van der Waals surface area contributed by atoms with Gasteiger partial charge < -0.3 is 5.11 Å². The second-order valence-electron chi connectivity index (χ2n) is 4.45. The number of rotatable bonds is 3. The van der Waals surface area contributed by atoms with Crippen LogP contribution < -0.4 is 5.56 Å². The van der Waals surface area contributed by atoms with Crippen LogP contribution in [-0.4, -0.2) is 20.9 Å². The van der Waals surface area contributed by atoms with Gasteiger partial charge in [0, 0.05) is 6.54 Å². The average molecular weight is 234 g/mol. The number of aromatic nitrogens is 2. The number of aromatic amines is 1. The summed E-state index contributed by atoms with van der Waals surface area (Å²) in [6.07, 6.45) is 0. The van der Waals surface area contributed by atoms with E-state index in [1.54, 1.807) is 12.1 Å². The molecule has 2 N–H and O–H groups in total. The highest BCUT2D eigenvalue weighted by Crippen LogP contribution is 2.13. The maximum atomic E-state index is 12.1. The summed E-state index contributed by atoms with van der Waals surface area (Å²) < 4.78 is 1.46. The van der Waals surface area contributed by atoms with Crippen molar-refractivity contribution in [2.45, 2.75) is 20.4 Å². The van der Waals surface area contributed by atoms with E-state index < -0.39 is 5.97 Å². The Morgan fingerprint density at radius 3 is 2.76 bits per heavy atom. The number of H-pyrrole nitrogens is 1. The van der Waals surface area contributed by atoms with Crippen molar-refractivity contribution in [2.24, 2.45) is 5.92 Å². The monoisotopic (exact) mass is 234 g/mol. The standard InChI is InChI=1S/C12H14N2O3/c1-7(2)6-14-11(15)10-8(12(16)17)4-3-5-9(10)13-14/h3-5,7,13H,6H2,1-2H3,(H,16,17). The Morgan fingerprint density at radius 2 is 2.18 bits per heavy atom. The Balaban J connectivity index is 2.70. The highest BCUT2D eigenvalue weighted by Gasteiger charge is 2.15. The third-order valence-electron chi connectivity index (χ3n) is 2.56. The smallest absolute Gasteiger partial charge is 0.336 e. The lowest BCUT2D eigenvalue weighted by molar-refractivity contribution is 0.0699. The number of benzene rings is 1. The molecule has 5 nitrogen and oxygen atoms in total. The molecular weight excluding hydrogens is 220 g/mol. The van der Waals surface area contributed by atoms with Crippen molar-refractivity contribution < 1.29 is 9.90 Å². The van der Waals surface area contributed by atoms with Gasteiger partial charge in [-0.2, -0.15) is 0 Å². The van der Waals surface area contributed by atoms with E-state index in [9.17, 15) is 9.59 Å². The summed E-state index contributed by atoms with van der Waals surface area (Å²) in [6.45, 7) is 4.54. The normalized spacial score (nSPS) is 11.2. The van der Waals surface area contributed by atoms with Crippen LogP contribution >= 0.6 is 0 Å². The van der Waals surface area contributed by atoms with E-state index in [0.29, 0.717) is 18.0 Å². The summed E-state index contributed by atoms with van der Waals surface area (Å²) in [5.74, 6) is -0.766. The molecular formula is C12H14N2O3. The highest BCUT2D eigenvalue weighted by molar-refractivity contribution is 6.02. The molecule has 0 amide bonds. The summed E-state index contributed by atoms with van der Waals surface area (Å²) in [6, 6.07) is 4.78. The third-order valence-corrected chi connectivity index (χ3v) is 2.56. The maximum absolute atomic E-state index is 12.1. The van der Waals surface area contributed by atoms with Gasteiger partial charge in [-0.25, -0.2) is 4.79 Å². The molecule has 5 heteroatoms. The van der Waals surface area contributed by atoms with Gasteiger partial charge in [-0.05, 0) is 18.1 Å². The first-order valence-corrected chi connectivity index (χ1v) is 5.45. The van der Waals surface area contributed by atoms with E-state index >= 15 is 0 Å². The van der Waals surface area contributed by atoms with Crippen LogP contribution in [0.15, 0.2) is 23.0 Å². The van der Waals surface area contributed by atoms with Gasteiger partial charge in [0.2, 0.25) is 0 Å². The second-order valence-corrected chi connectivity index (χ2v) is 4.45. The fourth-order valence-electron chi connectivity index (χ4n) is 1.88. The molecule has 0 aliphatic heterocycles. The van der Waals surface area contributed by atoms with Gasteiger partial charge in [0.05, 0.1) is 16.5 Å². The molecule has 0 aliphatic carbocycles. The number of carboxylic acids is 1. The maximum Gasteiger partial charge on any atom is 0.336 e. The predicted molar refractivity (Wildman–Crippen MR) is 64.4 cm³/mol. The molecule has 1 aromatic carbocycles. The van der Waals surface area contributed by atoms with E-state index in [1.807, 2.05) is 13.8 Å². The van der Waals surface area contributed by atoms with Gasteiger partial charge in [-0.3, -0.25) is 14.6 Å². The Labute approximate surface area is 97.7 Å². The average Bonchev–Trinajstić information content (AvgIpc) is 2.55. The van der Waals surface area contributed by atoms with Crippen LogP contribution in [0.3, 0.4) is 0 Å². The van der Waals surface area contributed by atoms with Crippen LogP contribution in [0.2, 0.25) is 0 Å². The van der Waals surface area contributed by atoms with E-state index in [2.05, 4.69) is 5.10 Å². The molecule has 0 saturated carbocycles. The Bertz CT molecular complexity index is 622. The first-order chi connectivity index (χ1) is 8.00. The van der Waals surface area contributed by atoms with Crippen molar-refractivity contribution >= 4 is 16.9 Å². The van der Waals surface area contributed by atoms with Gasteiger partial charge in [0.25, 0.3) is 5.56 Å². The van der Waals surface area contributed by atoms with Crippen molar-refractivity contribution in [3.05, 3.63) is 34.1 Å². The summed E-state index contributed by atoms with van der Waals surface area (Å²) >= 11 is 0. The van der Waals surface area contributed by atoms with Crippen molar-refractivity contribution in [3.8, 4) is 0 Å². The summed E-state index contributed by atoms with van der Waals surface area (Å²) in [5.41, 5.74) is 0.341. The summed E-state index contributed by atoms with van der Waals surface area (Å²) in [5, 5.41) is 12.2. The Kier molecular flexibility index (Phi) is 2.75. The van der Waals surface area contributed by atoms with Crippen molar-refractivity contribution in [1.82, 2.24) is 9.78 Å². The van der Waals surface area contributed by atoms with Crippen LogP contribution in [0.4, 0.5) is 0 Å². The molecule has 0 atom stereocenters. The van der Waals surface area contributed by atoms with Crippen LogP contribution in [0, 0.1) is 5.92 Å². The van der Waals surface area contributed by atoms with Gasteiger partial charge in [0.15, 0.2) is 0 Å². The minimum atomic E-state index is -1.08. The fraction of sp³-hybridized carbons (Fsp3) is 0.333. The zero-order chi connectivity index (χ0) is 12.6. The quantitative estimate of drug-likeness (QED) is 0.848. The van der Waals surface area contributed by atoms with Crippen LogP contribution in [0.1, 0.15) is 24.2 Å². The Hall–Kier alpha value is -2.04. The van der Waals surface area contributed by atoms with Crippen LogP contribution in [0.5, 0.6) is 0 Å². The lowest BCUT2D eigenvalue weighted by atomic mass is 10.1. The number of carbonyl (C=O) groups is 1. The largest absolute Gasteiger partial charge is 0.478 e. The second kappa shape index (κ2) is 4.08. The number of aromatic carboxylic acids is 1. The van der Waals surface area contributed by atoms with Gasteiger partial charge in [-0.1, -0.05) is 19.9 Å². The lowest BCUT2D eigenvalue weighted by Crippen LogP contribution is -2.20. The molecule has 1 heterocycles. The molecule has 1 aromatic heterocycles. The number of hydrogen-bond donors (Lipinski definition) is 2. The number of hydrogen-bond acceptors (Lipinski definition) is 2. The van der Waals surface area contributed by atoms with Crippen LogP contribution in [-0.2, 0) is 6.54 Å². The molecule has 17 heavy (non-hydrogen) atoms. The van der Waals surface area contributed by atoms with E-state index in [4.69, 9.17) is 5.11 Å². The zero-order valence-electron chi connectivity index (χ0n) is 9.73. The summed E-state index contributed by atoms with van der Waals surface area (Å²) in [4.78, 5) is 23.1. The topological polar surface area (TPSA) is 75.1 Å². The fourth-order valence-corrected chi connectivity index (χ4v) is 1.88. The minimum absolute atomic E-state index is 0.0475. The van der Waals surface area contributed by atoms with Crippen molar-refractivity contribution in [3.63, 3.8) is 0 Å². The Morgan fingerprint density at radius 1 is 1.47 bits per heavy atom. The molecule has 0 aliphatic rings. The van der Waals surface area contributed by atoms with Crippen molar-refractivity contribution in [1.29, 1.82) is 0 Å². The van der Waals surface area contributed by atoms with E-state index in [-0.39, 0.29) is 16.5 Å². The lowest BCUT2D eigenvalue weighted by Gasteiger charge is -2.03. The number of nitrogens with zero attached hydrogens (tertiary/aromatic N) is 1. The number of fused-ring (bicyclic) bond motifs is 1. The third kappa shape index (κ3) is 1.95. The summed E-state index contributed by atoms with van der Waals surface area (Å²) in [7, 11) is 0. The highest BCUT2D eigenvalue weighted by atomic mass is 16.4. The molecule has 0 unspecified atom stereocenters. The van der Waals surface area contributed by atoms with Crippen molar-refractivity contribution in [2.75, 3.05) is 0 Å². The van der Waals surface area contributed by atoms with E-state index in [0.717, 1.165) is 0 Å². The molecule has 2 rings (SSSR count). The van der Waals surface area contributed by atoms with E-state index in [1.165, 1.54) is 10.7 Å². The molecule has 0 bridgehead atoms. The number of nitrogens with one attached hydrogen (secondary N) is 1. The van der Waals surface area contributed by atoms with Gasteiger partial charge in [0.1, 0.15) is 0 Å². The predicted octanol–water partition coefficient (Wildman–Crippen LogP) is 1.68. The SMILES string of the molecule is CC(C)Cn1[nH]c2cccc(C(=O)O)c2c1=O. The molecule has 0 radical (unpaired) electrons. The van der Waals surface area contributed by atoms with Gasteiger partial charge in [-0.15, -0.1) is 0 Å². The molecule has 0 spiro atoms. The molecule has 90 valence electrons. The molecule has 0 fully saturated rings. The van der Waals surface area contributed by atoms with Gasteiger partial charge >= 0.3 is 5.97 Å². The first kappa shape index (κ1) is 11.4. The first-order valence-electron chi connectivity index (χ1n) is 5.45. The minimum Gasteiger partial charge on any atom is -0.478 e. The van der Waals surface area contributed by atoms with Crippen LogP contribution in [0.25, 0.3) is 10.9 Å². The zero-order valence-corrected chi connectivity index (χ0v) is 9.73. The number of carboxylic acid groups (broad SMARTS) is 1. The molecule has 2 aromatic rings. The molecule has 0 saturated heterocycles.